The summed E-state index contributed by atoms with van der Waals surface area (Å²) in [6, 6.07) is 5.08. The van der Waals surface area contributed by atoms with E-state index in [2.05, 4.69) is 20.6 Å². The average Bonchev–Trinajstić information content (AvgIpc) is 3.47. The minimum Gasteiger partial charge on any atom is -0.364 e. The third kappa shape index (κ3) is 4.38. The van der Waals surface area contributed by atoms with E-state index >= 15 is 0 Å². The Morgan fingerprint density at radius 2 is 1.84 bits per heavy atom. The summed E-state index contributed by atoms with van der Waals surface area (Å²) in [5.41, 5.74) is -2.17. The van der Waals surface area contributed by atoms with Gasteiger partial charge in [0.25, 0.3) is 0 Å². The maximum Gasteiger partial charge on any atom is 0.355 e. The van der Waals surface area contributed by atoms with Gasteiger partial charge in [-0.3, -0.25) is 9.25 Å². The Kier molecular flexibility index (Phi) is 6.18. The molecule has 4 radical (unpaired) electrons. The zero-order valence-corrected chi connectivity index (χ0v) is 20.1. The molecule has 0 bridgehead atoms. The van der Waals surface area contributed by atoms with Crippen LogP contribution in [0.3, 0.4) is 0 Å². The monoisotopic (exact) mass is 537 g/mol. The summed E-state index contributed by atoms with van der Waals surface area (Å²) in [7, 11) is 14.1. The van der Waals surface area contributed by atoms with Crippen LogP contribution in [0.5, 0.6) is 0 Å². The number of hydrogen-bond donors (Lipinski definition) is 1. The summed E-state index contributed by atoms with van der Waals surface area (Å²) in [5, 5.41) is 8.66. The number of aryl methyl sites for hydroxylation is 1. The van der Waals surface area contributed by atoms with Gasteiger partial charge >= 0.3 is 11.4 Å². The molecule has 3 heterocycles. The second kappa shape index (κ2) is 9.24. The predicted molar refractivity (Wildman–Crippen MR) is 132 cm³/mol. The van der Waals surface area contributed by atoms with E-state index in [1.807, 2.05) is 0 Å². The molecule has 16 heteroatoms. The maximum absolute atomic E-state index is 14.8. The standard InChI is InChI=1S/C22H13B2ClF3N7O3/c1-33-8-10-4-18(13(25)6-17(10)31-33)29-19-30-20(36)34(9-11-2-3-38-32-11)21(37)35(19)22(23,24)12-5-15(27)16(28)7-14(12)26/h2-8H,9H2,1H3,(H,29,30,36). The Morgan fingerprint density at radius 1 is 1.11 bits per heavy atom. The number of rotatable bonds is 6. The molecule has 0 fully saturated rings. The molecule has 0 unspecified atom stereocenters. The van der Waals surface area contributed by atoms with Crippen molar-refractivity contribution in [3.05, 3.63) is 97.5 Å². The molecule has 38 heavy (non-hydrogen) atoms. The van der Waals surface area contributed by atoms with Gasteiger partial charge in [-0.05, 0) is 23.8 Å². The van der Waals surface area contributed by atoms with Crippen LogP contribution in [-0.4, -0.2) is 44.7 Å². The number of fused-ring (bicyclic) bond motifs is 1. The van der Waals surface area contributed by atoms with E-state index in [0.717, 1.165) is 0 Å². The van der Waals surface area contributed by atoms with Gasteiger partial charge in [-0.2, -0.15) is 10.1 Å². The van der Waals surface area contributed by atoms with E-state index in [9.17, 15) is 22.8 Å². The molecule has 0 atom stereocenters. The third-order valence-electron chi connectivity index (χ3n) is 5.64. The van der Waals surface area contributed by atoms with Crippen LogP contribution in [0.4, 0.5) is 24.8 Å². The first-order chi connectivity index (χ1) is 18.0. The highest BCUT2D eigenvalue weighted by atomic mass is 35.5. The van der Waals surface area contributed by atoms with Crippen molar-refractivity contribution in [2.24, 2.45) is 7.05 Å². The van der Waals surface area contributed by atoms with Gasteiger partial charge in [-0.1, -0.05) is 16.8 Å². The van der Waals surface area contributed by atoms with E-state index in [0.29, 0.717) is 26.1 Å². The van der Waals surface area contributed by atoms with Crippen LogP contribution < -0.4 is 16.7 Å². The first kappa shape index (κ1) is 25.4. The van der Waals surface area contributed by atoms with Crippen LogP contribution in [0.2, 0.25) is 5.02 Å². The van der Waals surface area contributed by atoms with Crippen molar-refractivity contribution in [1.82, 2.24) is 29.1 Å². The van der Waals surface area contributed by atoms with Gasteiger partial charge in [-0.25, -0.2) is 27.3 Å². The minimum atomic E-state index is -2.69. The Labute approximate surface area is 218 Å². The van der Waals surface area contributed by atoms with E-state index < -0.39 is 52.2 Å². The van der Waals surface area contributed by atoms with E-state index in [1.165, 1.54) is 18.4 Å². The first-order valence-corrected chi connectivity index (χ1v) is 11.1. The van der Waals surface area contributed by atoms with Crippen molar-refractivity contribution in [2.75, 3.05) is 5.32 Å². The molecule has 2 aromatic carbocycles. The van der Waals surface area contributed by atoms with Gasteiger partial charge in [0.2, 0.25) is 5.95 Å². The highest BCUT2D eigenvalue weighted by Crippen LogP contribution is 2.31. The fraction of sp³-hybridized carbons (Fsp3) is 0.136. The number of anilines is 2. The number of nitrogens with zero attached hydrogens (tertiary/aromatic N) is 6. The van der Waals surface area contributed by atoms with Crippen molar-refractivity contribution < 1.29 is 17.7 Å². The molecule has 3 aromatic heterocycles. The van der Waals surface area contributed by atoms with Crippen molar-refractivity contribution in [3.63, 3.8) is 0 Å². The molecule has 0 aliphatic heterocycles. The summed E-state index contributed by atoms with van der Waals surface area (Å²) < 4.78 is 49.9. The van der Waals surface area contributed by atoms with Gasteiger partial charge in [-0.15, -0.1) is 0 Å². The molecule has 188 valence electrons. The number of benzene rings is 2. The largest absolute Gasteiger partial charge is 0.364 e. The van der Waals surface area contributed by atoms with Crippen molar-refractivity contribution in [2.45, 2.75) is 11.9 Å². The van der Waals surface area contributed by atoms with Crippen LogP contribution in [-0.2, 0) is 18.9 Å². The van der Waals surface area contributed by atoms with Crippen LogP contribution in [0.25, 0.3) is 10.9 Å². The second-order valence-corrected chi connectivity index (χ2v) is 8.71. The molecule has 10 nitrogen and oxygen atoms in total. The fourth-order valence-electron chi connectivity index (χ4n) is 3.86. The summed E-state index contributed by atoms with van der Waals surface area (Å²) in [5.74, 6) is -4.89. The molecule has 0 amide bonds. The normalized spacial score (nSPS) is 11.8. The number of nitrogens with one attached hydrogen (secondary N) is 1. The molecule has 0 saturated heterocycles. The van der Waals surface area contributed by atoms with Crippen LogP contribution in [0.1, 0.15) is 11.3 Å². The highest BCUT2D eigenvalue weighted by molar-refractivity contribution is 6.40. The Morgan fingerprint density at radius 3 is 2.55 bits per heavy atom. The van der Waals surface area contributed by atoms with Crippen molar-refractivity contribution in [1.29, 1.82) is 0 Å². The minimum absolute atomic E-state index is 0.113. The van der Waals surface area contributed by atoms with Gasteiger partial charge in [0.05, 0.1) is 38.5 Å². The lowest BCUT2D eigenvalue weighted by Gasteiger charge is -2.32. The average molecular weight is 537 g/mol. The van der Waals surface area contributed by atoms with E-state index in [4.69, 9.17) is 31.8 Å². The molecule has 5 aromatic rings. The molecular formula is C22H13B2ClF3N7O3. The van der Waals surface area contributed by atoms with Crippen LogP contribution in [0.15, 0.2) is 56.9 Å². The number of halogens is 4. The molecule has 0 spiro atoms. The lowest BCUT2D eigenvalue weighted by Crippen LogP contribution is -2.52. The van der Waals surface area contributed by atoms with E-state index in [-0.39, 0.29) is 22.5 Å². The highest BCUT2D eigenvalue weighted by Gasteiger charge is 2.32. The van der Waals surface area contributed by atoms with Crippen molar-refractivity contribution in [3.8, 4) is 0 Å². The van der Waals surface area contributed by atoms with Gasteiger partial charge < -0.3 is 9.84 Å². The smallest absolute Gasteiger partial charge is 0.355 e. The number of hydrogen-bond acceptors (Lipinski definition) is 7. The predicted octanol–water partition coefficient (Wildman–Crippen LogP) is 2.14. The summed E-state index contributed by atoms with van der Waals surface area (Å²) in [6.45, 7) is -0.416. The molecular weight excluding hydrogens is 524 g/mol. The van der Waals surface area contributed by atoms with Gasteiger partial charge in [0, 0.05) is 36.1 Å². The Hall–Kier alpha value is -4.26. The lowest BCUT2D eigenvalue weighted by atomic mass is 9.57. The second-order valence-electron chi connectivity index (χ2n) is 8.30. The summed E-state index contributed by atoms with van der Waals surface area (Å²) >= 11 is 6.37. The third-order valence-corrected chi connectivity index (χ3v) is 5.96. The maximum atomic E-state index is 14.8. The SMILES string of the molecule is [B]C([B])(c1cc(F)c(F)cc1F)n1c(Nc2cc3cn(C)nc3cc2Cl)nc(=O)n(Cc2ccon2)c1=O. The van der Waals surface area contributed by atoms with Crippen LogP contribution in [0, 0.1) is 17.5 Å². The first-order valence-electron chi connectivity index (χ1n) is 10.7. The molecule has 0 aliphatic rings. The lowest BCUT2D eigenvalue weighted by molar-refractivity contribution is 0.407. The number of aromatic nitrogens is 6. The molecule has 0 aliphatic carbocycles. The summed E-state index contributed by atoms with van der Waals surface area (Å²) in [4.78, 5) is 30.4. The zero-order chi connectivity index (χ0) is 27.4. The van der Waals surface area contributed by atoms with Gasteiger partial charge in [0.1, 0.15) is 17.8 Å². The molecule has 5 rings (SSSR count). The fourth-order valence-corrected chi connectivity index (χ4v) is 4.07. The van der Waals surface area contributed by atoms with Crippen molar-refractivity contribution >= 4 is 49.8 Å². The van der Waals surface area contributed by atoms with E-state index in [1.54, 1.807) is 24.0 Å². The topological polar surface area (TPSA) is 113 Å². The zero-order valence-electron chi connectivity index (χ0n) is 19.3. The quantitative estimate of drug-likeness (QED) is 0.261. The molecule has 1 N–H and O–H groups in total. The van der Waals surface area contributed by atoms with Crippen LogP contribution >= 0.6 is 11.6 Å². The molecule has 0 saturated carbocycles. The Bertz CT molecular complexity index is 1820. The Balaban J connectivity index is 1.74. The summed E-state index contributed by atoms with van der Waals surface area (Å²) in [6.07, 6.45) is 2.89. The van der Waals surface area contributed by atoms with Gasteiger partial charge in [0.15, 0.2) is 11.6 Å².